The molecular weight excluding hydrogens is 334 g/mol. The van der Waals surface area contributed by atoms with Gasteiger partial charge in [0.2, 0.25) is 5.88 Å². The van der Waals surface area contributed by atoms with E-state index in [4.69, 9.17) is 14.0 Å². The molecule has 3 aromatic rings. The number of carbonyl (C=O) groups is 1. The smallest absolute Gasteiger partial charge is 0.257 e. The molecule has 0 saturated heterocycles. The van der Waals surface area contributed by atoms with Gasteiger partial charge in [-0.1, -0.05) is 17.3 Å². The Morgan fingerprint density at radius 3 is 2.92 bits per heavy atom. The average Bonchev–Trinajstić information content (AvgIpc) is 3.16. The van der Waals surface area contributed by atoms with Gasteiger partial charge in [-0.25, -0.2) is 4.98 Å². The predicted octanol–water partition coefficient (Wildman–Crippen LogP) is 3.07. The van der Waals surface area contributed by atoms with E-state index in [2.05, 4.69) is 15.5 Å². The molecule has 0 radical (unpaired) electrons. The minimum atomic E-state index is -0.285. The molecule has 2 aromatic heterocycles. The second kappa shape index (κ2) is 8.15. The number of amides is 1. The summed E-state index contributed by atoms with van der Waals surface area (Å²) < 4.78 is 15.9. The van der Waals surface area contributed by atoms with E-state index in [-0.39, 0.29) is 12.5 Å². The first-order valence-corrected chi connectivity index (χ1v) is 8.17. The van der Waals surface area contributed by atoms with Crippen molar-refractivity contribution in [3.8, 4) is 23.0 Å². The van der Waals surface area contributed by atoms with Gasteiger partial charge in [-0.05, 0) is 31.2 Å². The molecule has 0 fully saturated rings. The quantitative estimate of drug-likeness (QED) is 0.702. The summed E-state index contributed by atoms with van der Waals surface area (Å²) in [4.78, 5) is 16.4. The maximum absolute atomic E-state index is 12.4. The van der Waals surface area contributed by atoms with E-state index in [9.17, 15) is 4.79 Å². The molecule has 1 N–H and O–H groups in total. The summed E-state index contributed by atoms with van der Waals surface area (Å²) in [6, 6.07) is 12.6. The van der Waals surface area contributed by atoms with Crippen molar-refractivity contribution in [2.24, 2.45) is 0 Å². The zero-order valence-corrected chi connectivity index (χ0v) is 14.6. The van der Waals surface area contributed by atoms with E-state index in [0.717, 1.165) is 11.3 Å². The van der Waals surface area contributed by atoms with Crippen molar-refractivity contribution < 1.29 is 18.8 Å². The number of carbonyl (C=O) groups excluding carboxylic acids is 1. The number of rotatable bonds is 7. The Hall–Kier alpha value is -3.35. The van der Waals surface area contributed by atoms with Crippen molar-refractivity contribution >= 4 is 5.91 Å². The van der Waals surface area contributed by atoms with Crippen molar-refractivity contribution in [3.63, 3.8) is 0 Å². The van der Waals surface area contributed by atoms with Gasteiger partial charge < -0.3 is 19.3 Å². The molecule has 0 spiro atoms. The van der Waals surface area contributed by atoms with Gasteiger partial charge in [0.05, 0.1) is 20.3 Å². The number of benzene rings is 1. The third-order valence-electron chi connectivity index (χ3n) is 3.64. The normalized spacial score (nSPS) is 10.4. The highest BCUT2D eigenvalue weighted by molar-refractivity contribution is 5.96. The molecule has 0 bridgehead atoms. The van der Waals surface area contributed by atoms with Crippen LogP contribution in [0.4, 0.5) is 0 Å². The largest absolute Gasteiger partial charge is 0.497 e. The first-order valence-electron chi connectivity index (χ1n) is 8.17. The fraction of sp³-hybridized carbons (Fsp3) is 0.211. The number of nitrogens with one attached hydrogen (secondary N) is 1. The lowest BCUT2D eigenvalue weighted by atomic mass is 10.1. The maximum Gasteiger partial charge on any atom is 0.257 e. The lowest BCUT2D eigenvalue weighted by molar-refractivity contribution is 0.0945. The van der Waals surface area contributed by atoms with Gasteiger partial charge in [-0.3, -0.25) is 4.79 Å². The highest BCUT2D eigenvalue weighted by atomic mass is 16.5. The van der Waals surface area contributed by atoms with Crippen LogP contribution in [0.1, 0.15) is 23.0 Å². The number of ether oxygens (including phenoxy) is 2. The van der Waals surface area contributed by atoms with E-state index in [1.165, 1.54) is 0 Å². The number of hydrogen-bond donors (Lipinski definition) is 1. The van der Waals surface area contributed by atoms with Crippen LogP contribution < -0.4 is 14.8 Å². The van der Waals surface area contributed by atoms with Gasteiger partial charge in [0.1, 0.15) is 17.0 Å². The number of pyridine rings is 1. The lowest BCUT2D eigenvalue weighted by Gasteiger charge is -2.08. The third-order valence-corrected chi connectivity index (χ3v) is 3.64. The van der Waals surface area contributed by atoms with Crippen molar-refractivity contribution in [2.75, 3.05) is 13.7 Å². The summed E-state index contributed by atoms with van der Waals surface area (Å²) in [6.45, 7) is 2.50. The number of aromatic nitrogens is 2. The zero-order valence-electron chi connectivity index (χ0n) is 14.6. The van der Waals surface area contributed by atoms with E-state index in [1.807, 2.05) is 31.2 Å². The summed E-state index contributed by atoms with van der Waals surface area (Å²) in [5, 5.41) is 6.79. The molecule has 7 nitrogen and oxygen atoms in total. The number of methoxy groups -OCH3 is 1. The van der Waals surface area contributed by atoms with Crippen LogP contribution >= 0.6 is 0 Å². The number of hydrogen-bond acceptors (Lipinski definition) is 6. The van der Waals surface area contributed by atoms with Crippen LogP contribution in [0.5, 0.6) is 11.6 Å². The Morgan fingerprint density at radius 2 is 2.12 bits per heavy atom. The monoisotopic (exact) mass is 353 g/mol. The van der Waals surface area contributed by atoms with Crippen LogP contribution in [-0.2, 0) is 6.54 Å². The van der Waals surface area contributed by atoms with Crippen molar-refractivity contribution in [1.29, 1.82) is 0 Å². The molecule has 0 saturated carbocycles. The summed E-state index contributed by atoms with van der Waals surface area (Å²) in [5.41, 5.74) is 1.84. The first-order chi connectivity index (χ1) is 12.7. The Kier molecular flexibility index (Phi) is 5.48. The molecule has 1 aromatic carbocycles. The SMILES string of the molecule is CCOc1ncccc1C(=O)NCc1cc(-c2cccc(OC)c2)on1. The summed E-state index contributed by atoms with van der Waals surface area (Å²) >= 11 is 0. The van der Waals surface area contributed by atoms with Crippen LogP contribution in [0.25, 0.3) is 11.3 Å². The Labute approximate surface area is 150 Å². The Balaban J connectivity index is 1.67. The third kappa shape index (κ3) is 4.00. The Bertz CT molecular complexity index is 892. The fourth-order valence-electron chi connectivity index (χ4n) is 2.39. The summed E-state index contributed by atoms with van der Waals surface area (Å²) in [6.07, 6.45) is 1.58. The molecule has 2 heterocycles. The molecule has 3 rings (SSSR count). The maximum atomic E-state index is 12.4. The van der Waals surface area contributed by atoms with Crippen molar-refractivity contribution in [2.45, 2.75) is 13.5 Å². The first kappa shape index (κ1) is 17.5. The predicted molar refractivity (Wildman–Crippen MR) is 95.1 cm³/mol. The van der Waals surface area contributed by atoms with Crippen molar-refractivity contribution in [3.05, 3.63) is 59.9 Å². The highest BCUT2D eigenvalue weighted by Gasteiger charge is 2.14. The molecule has 0 unspecified atom stereocenters. The molecule has 1 amide bonds. The van der Waals surface area contributed by atoms with Crippen LogP contribution in [0.2, 0.25) is 0 Å². The number of nitrogens with zero attached hydrogens (tertiary/aromatic N) is 2. The van der Waals surface area contributed by atoms with Crippen molar-refractivity contribution in [1.82, 2.24) is 15.5 Å². The zero-order chi connectivity index (χ0) is 18.4. The van der Waals surface area contributed by atoms with E-state index in [0.29, 0.717) is 29.5 Å². The Morgan fingerprint density at radius 1 is 1.23 bits per heavy atom. The van der Waals surface area contributed by atoms with E-state index >= 15 is 0 Å². The fourth-order valence-corrected chi connectivity index (χ4v) is 2.39. The molecule has 7 heteroatoms. The average molecular weight is 353 g/mol. The molecular formula is C19H19N3O4. The van der Waals surface area contributed by atoms with Gasteiger partial charge in [0, 0.05) is 17.8 Å². The van der Waals surface area contributed by atoms with Gasteiger partial charge in [0.25, 0.3) is 5.91 Å². The summed E-state index contributed by atoms with van der Waals surface area (Å²) in [5.74, 6) is 1.36. The van der Waals surface area contributed by atoms with Gasteiger partial charge in [-0.15, -0.1) is 0 Å². The van der Waals surface area contributed by atoms with Gasteiger partial charge in [0.15, 0.2) is 5.76 Å². The molecule has 0 aliphatic rings. The highest BCUT2D eigenvalue weighted by Crippen LogP contribution is 2.24. The second-order valence-electron chi connectivity index (χ2n) is 5.39. The van der Waals surface area contributed by atoms with Crippen LogP contribution in [0.15, 0.2) is 53.2 Å². The lowest BCUT2D eigenvalue weighted by Crippen LogP contribution is -2.24. The molecule has 0 aliphatic heterocycles. The molecule has 134 valence electrons. The van der Waals surface area contributed by atoms with Crippen LogP contribution in [-0.4, -0.2) is 29.8 Å². The summed E-state index contributed by atoms with van der Waals surface area (Å²) in [7, 11) is 1.61. The molecule has 0 atom stereocenters. The minimum Gasteiger partial charge on any atom is -0.497 e. The van der Waals surface area contributed by atoms with E-state index < -0.39 is 0 Å². The minimum absolute atomic E-state index is 0.229. The van der Waals surface area contributed by atoms with Gasteiger partial charge >= 0.3 is 0 Å². The molecule has 26 heavy (non-hydrogen) atoms. The van der Waals surface area contributed by atoms with Gasteiger partial charge in [-0.2, -0.15) is 0 Å². The standard InChI is InChI=1S/C19H19N3O4/c1-3-25-19-16(8-5-9-20-19)18(23)21-12-14-11-17(26-22-14)13-6-4-7-15(10-13)24-2/h4-11H,3,12H2,1-2H3,(H,21,23). The van der Waals surface area contributed by atoms with Crippen LogP contribution in [0.3, 0.4) is 0 Å². The molecule has 0 aliphatic carbocycles. The second-order valence-corrected chi connectivity index (χ2v) is 5.39. The van der Waals surface area contributed by atoms with E-state index in [1.54, 1.807) is 31.5 Å². The topological polar surface area (TPSA) is 86.5 Å². The van der Waals surface area contributed by atoms with Crippen LogP contribution in [0, 0.1) is 0 Å².